The molecule has 0 radical (unpaired) electrons. The van der Waals surface area contributed by atoms with E-state index in [0.29, 0.717) is 28.5 Å². The van der Waals surface area contributed by atoms with Crippen LogP contribution < -0.4 is 9.60 Å². The summed E-state index contributed by atoms with van der Waals surface area (Å²) in [5, 5.41) is 3.67. The summed E-state index contributed by atoms with van der Waals surface area (Å²) < 4.78 is 31.0. The summed E-state index contributed by atoms with van der Waals surface area (Å²) in [6.45, 7) is 3.27. The minimum Gasteiger partial charge on any atom is -0.361 e. The molecule has 2 N–H and O–H groups in total. The van der Waals surface area contributed by atoms with Gasteiger partial charge in [-0.3, -0.25) is 4.79 Å². The Kier molecular flexibility index (Phi) is 3.37. The third-order valence-corrected chi connectivity index (χ3v) is 5.15. The Morgan fingerprint density at radius 1 is 1.50 bits per heavy atom. The van der Waals surface area contributed by atoms with E-state index in [9.17, 15) is 13.2 Å². The molecule has 0 bridgehead atoms. The molecule has 0 spiro atoms. The zero-order valence-electron chi connectivity index (χ0n) is 9.68. The van der Waals surface area contributed by atoms with Crippen LogP contribution in [0, 0.1) is 13.8 Å². The molecule has 2 aromatic rings. The summed E-state index contributed by atoms with van der Waals surface area (Å²) in [5.41, 5.74) is 0.811. The summed E-state index contributed by atoms with van der Waals surface area (Å²) in [4.78, 5) is 13.1. The third kappa shape index (κ3) is 2.68. The summed E-state index contributed by atoms with van der Waals surface area (Å²) in [5.74, 6) is 0.603. The van der Waals surface area contributed by atoms with Gasteiger partial charge in [-0.2, -0.15) is 0 Å². The maximum Gasteiger partial charge on any atom is 0.305 e. The summed E-state index contributed by atoms with van der Waals surface area (Å²) in [7, 11) is -3.70. The third-order valence-electron chi connectivity index (χ3n) is 2.15. The van der Waals surface area contributed by atoms with Gasteiger partial charge in [-0.05, 0) is 13.8 Å². The van der Waals surface area contributed by atoms with Crippen LogP contribution in [0.25, 0.3) is 0 Å². The second-order valence-electron chi connectivity index (χ2n) is 3.68. The quantitative estimate of drug-likeness (QED) is 0.853. The minimum atomic E-state index is -3.70. The van der Waals surface area contributed by atoms with Gasteiger partial charge in [-0.25, -0.2) is 13.1 Å². The van der Waals surface area contributed by atoms with Crippen molar-refractivity contribution in [3.63, 3.8) is 0 Å². The van der Waals surface area contributed by atoms with Crippen LogP contribution >= 0.6 is 11.3 Å². The molecule has 7 nitrogen and oxygen atoms in total. The Balaban J connectivity index is 2.18. The van der Waals surface area contributed by atoms with Crippen molar-refractivity contribution >= 4 is 21.4 Å². The summed E-state index contributed by atoms with van der Waals surface area (Å²) in [6.07, 6.45) is 0. The lowest BCUT2D eigenvalue weighted by Crippen LogP contribution is -2.23. The fraction of sp³-hybridized carbons (Fsp3) is 0.333. The van der Waals surface area contributed by atoms with E-state index in [2.05, 4.69) is 14.9 Å². The van der Waals surface area contributed by atoms with Crippen molar-refractivity contribution in [3.8, 4) is 0 Å². The van der Waals surface area contributed by atoms with Crippen LogP contribution in [0.2, 0.25) is 0 Å². The lowest BCUT2D eigenvalue weighted by atomic mass is 10.4. The summed E-state index contributed by atoms with van der Waals surface area (Å²) >= 11 is 0.656. The van der Waals surface area contributed by atoms with Gasteiger partial charge in [0.05, 0.1) is 12.2 Å². The Bertz CT molecular complexity index is 710. The van der Waals surface area contributed by atoms with Gasteiger partial charge in [0.2, 0.25) is 0 Å². The summed E-state index contributed by atoms with van der Waals surface area (Å²) in [6, 6.07) is 1.63. The number of aromatic nitrogens is 2. The first-order valence-electron chi connectivity index (χ1n) is 5.00. The average Bonchev–Trinajstić information content (AvgIpc) is 2.82. The molecule has 0 atom stereocenters. The van der Waals surface area contributed by atoms with Crippen molar-refractivity contribution in [3.05, 3.63) is 32.9 Å². The maximum atomic E-state index is 11.9. The SMILES string of the molecule is Cc1cc(CNS(=O)(=O)c2sc(=O)[nH]c2C)no1. The molecule has 0 fully saturated rings. The maximum absolute atomic E-state index is 11.9. The van der Waals surface area contributed by atoms with E-state index in [0.717, 1.165) is 0 Å². The van der Waals surface area contributed by atoms with Crippen LogP contribution in [-0.2, 0) is 16.6 Å². The number of nitrogens with one attached hydrogen (secondary N) is 2. The number of aryl methyl sites for hydroxylation is 2. The Morgan fingerprint density at radius 2 is 2.22 bits per heavy atom. The minimum absolute atomic E-state index is 0.00674. The average molecular weight is 289 g/mol. The predicted octanol–water partition coefficient (Wildman–Crippen LogP) is 0.520. The number of aromatic amines is 1. The van der Waals surface area contributed by atoms with E-state index in [1.165, 1.54) is 6.92 Å². The molecule has 98 valence electrons. The van der Waals surface area contributed by atoms with Crippen LogP contribution in [0.5, 0.6) is 0 Å². The molecule has 2 rings (SSSR count). The molecule has 0 aliphatic heterocycles. The highest BCUT2D eigenvalue weighted by molar-refractivity contribution is 7.91. The van der Waals surface area contributed by atoms with Crippen molar-refractivity contribution < 1.29 is 12.9 Å². The van der Waals surface area contributed by atoms with Gasteiger partial charge in [-0.1, -0.05) is 16.5 Å². The molecule has 0 saturated heterocycles. The molecular weight excluding hydrogens is 278 g/mol. The Labute approximate surface area is 107 Å². The van der Waals surface area contributed by atoms with Gasteiger partial charge in [0, 0.05) is 11.8 Å². The van der Waals surface area contributed by atoms with E-state index >= 15 is 0 Å². The van der Waals surface area contributed by atoms with Crippen LogP contribution in [0.4, 0.5) is 0 Å². The molecular formula is C9H11N3O4S2. The second-order valence-corrected chi connectivity index (χ2v) is 6.63. The molecule has 9 heteroatoms. The number of hydrogen-bond acceptors (Lipinski definition) is 6. The fourth-order valence-electron chi connectivity index (χ4n) is 1.38. The van der Waals surface area contributed by atoms with Crippen molar-refractivity contribution in [1.82, 2.24) is 14.9 Å². The fourth-order valence-corrected chi connectivity index (χ4v) is 3.72. The monoisotopic (exact) mass is 289 g/mol. The van der Waals surface area contributed by atoms with Crippen molar-refractivity contribution in [2.75, 3.05) is 0 Å². The zero-order chi connectivity index (χ0) is 13.3. The van der Waals surface area contributed by atoms with Gasteiger partial charge in [0.25, 0.3) is 10.0 Å². The lowest BCUT2D eigenvalue weighted by molar-refractivity contribution is 0.390. The van der Waals surface area contributed by atoms with Crippen molar-refractivity contribution in [2.24, 2.45) is 0 Å². The number of thiazole rings is 1. The number of sulfonamides is 1. The van der Waals surface area contributed by atoms with Gasteiger partial charge >= 0.3 is 4.87 Å². The standard InChI is InChI=1S/C9H11N3O4S2/c1-5-3-7(12-16-5)4-10-18(14,15)8-6(2)11-9(13)17-8/h3,10H,4H2,1-2H3,(H,11,13). The van der Waals surface area contributed by atoms with Crippen LogP contribution in [-0.4, -0.2) is 18.6 Å². The van der Waals surface area contributed by atoms with Gasteiger partial charge < -0.3 is 9.51 Å². The van der Waals surface area contributed by atoms with E-state index in [4.69, 9.17) is 4.52 Å². The number of H-pyrrole nitrogens is 1. The lowest BCUT2D eigenvalue weighted by Gasteiger charge is -2.02. The van der Waals surface area contributed by atoms with E-state index in [1.807, 2.05) is 0 Å². The topological polar surface area (TPSA) is 105 Å². The Hall–Kier alpha value is -1.45. The number of nitrogens with zero attached hydrogens (tertiary/aromatic N) is 1. The van der Waals surface area contributed by atoms with Crippen LogP contribution in [0.15, 0.2) is 19.6 Å². The molecule has 0 aliphatic rings. The van der Waals surface area contributed by atoms with E-state index < -0.39 is 14.9 Å². The first kappa shape index (κ1) is 13.0. The molecule has 0 aromatic carbocycles. The molecule has 18 heavy (non-hydrogen) atoms. The zero-order valence-corrected chi connectivity index (χ0v) is 11.3. The van der Waals surface area contributed by atoms with Gasteiger partial charge in [0.1, 0.15) is 5.76 Å². The largest absolute Gasteiger partial charge is 0.361 e. The number of rotatable bonds is 4. The highest BCUT2D eigenvalue weighted by atomic mass is 32.2. The second kappa shape index (κ2) is 4.67. The molecule has 0 unspecified atom stereocenters. The first-order chi connectivity index (χ1) is 8.38. The molecule has 0 aliphatic carbocycles. The van der Waals surface area contributed by atoms with Gasteiger partial charge in [-0.15, -0.1) is 0 Å². The highest BCUT2D eigenvalue weighted by Crippen LogP contribution is 2.15. The smallest absolute Gasteiger partial charge is 0.305 e. The van der Waals surface area contributed by atoms with Gasteiger partial charge in [0.15, 0.2) is 4.21 Å². The van der Waals surface area contributed by atoms with Crippen molar-refractivity contribution in [2.45, 2.75) is 24.6 Å². The molecule has 2 heterocycles. The van der Waals surface area contributed by atoms with Crippen LogP contribution in [0.1, 0.15) is 17.1 Å². The predicted molar refractivity (Wildman–Crippen MR) is 64.9 cm³/mol. The molecule has 2 aromatic heterocycles. The Morgan fingerprint density at radius 3 is 2.72 bits per heavy atom. The van der Waals surface area contributed by atoms with Crippen LogP contribution in [0.3, 0.4) is 0 Å². The van der Waals surface area contributed by atoms with E-state index in [-0.39, 0.29) is 10.8 Å². The van der Waals surface area contributed by atoms with E-state index in [1.54, 1.807) is 13.0 Å². The normalized spacial score (nSPS) is 11.9. The first-order valence-corrected chi connectivity index (χ1v) is 7.30. The van der Waals surface area contributed by atoms with Crippen molar-refractivity contribution in [1.29, 1.82) is 0 Å². The molecule has 0 saturated carbocycles. The molecule has 0 amide bonds. The number of hydrogen-bond donors (Lipinski definition) is 2. The highest BCUT2D eigenvalue weighted by Gasteiger charge is 2.20.